The van der Waals surface area contributed by atoms with Gasteiger partial charge in [0.05, 0.1) is 5.52 Å². The first-order valence-electron chi connectivity index (χ1n) is 9.22. The molecule has 6 heteroatoms. The number of hydrogen-bond acceptors (Lipinski definition) is 3. The number of pyridine rings is 1. The van der Waals surface area contributed by atoms with Gasteiger partial charge in [-0.15, -0.1) is 0 Å². The molecule has 0 atom stereocenters. The molecule has 2 aromatic rings. The molecule has 0 aromatic carbocycles. The average molecular weight is 342 g/mol. The Balaban J connectivity index is 1.93. The van der Waals surface area contributed by atoms with Crippen LogP contribution in [0.3, 0.4) is 0 Å². The highest BCUT2D eigenvalue weighted by molar-refractivity contribution is 6.02. The Morgan fingerprint density at radius 2 is 1.92 bits per heavy atom. The highest BCUT2D eigenvalue weighted by Gasteiger charge is 2.25. The van der Waals surface area contributed by atoms with Crippen molar-refractivity contribution in [2.45, 2.75) is 52.0 Å². The molecule has 0 bridgehead atoms. The van der Waals surface area contributed by atoms with Crippen LogP contribution in [-0.2, 0) is 0 Å². The molecule has 1 fully saturated rings. The van der Waals surface area contributed by atoms with E-state index < -0.39 is 0 Å². The number of aromatic nitrogens is 2. The fourth-order valence-electron chi connectivity index (χ4n) is 3.51. The number of carbonyl (C=O) groups excluding carboxylic acids is 2. The molecule has 134 valence electrons. The number of amides is 2. The minimum Gasteiger partial charge on any atom is -0.348 e. The highest BCUT2D eigenvalue weighted by atomic mass is 16.2. The Kier molecular flexibility index (Phi) is 5.36. The van der Waals surface area contributed by atoms with Gasteiger partial charge in [0.2, 0.25) is 5.82 Å². The lowest BCUT2D eigenvalue weighted by Gasteiger charge is -2.22. The number of nitrogens with zero attached hydrogens (tertiary/aromatic N) is 3. The van der Waals surface area contributed by atoms with Gasteiger partial charge in [0.15, 0.2) is 5.69 Å². The number of rotatable bonds is 5. The summed E-state index contributed by atoms with van der Waals surface area (Å²) in [5.41, 5.74) is 1.01. The SMILES string of the molecule is CCN(CC)C(=O)c1nc(C(=O)NC2CCCCC2)c2ccccn12. The van der Waals surface area contributed by atoms with Gasteiger partial charge in [0, 0.05) is 25.3 Å². The van der Waals surface area contributed by atoms with Crippen LogP contribution in [-0.4, -0.2) is 45.2 Å². The first kappa shape index (κ1) is 17.5. The molecular formula is C19H26N4O2. The summed E-state index contributed by atoms with van der Waals surface area (Å²) < 4.78 is 1.72. The van der Waals surface area contributed by atoms with Gasteiger partial charge in [-0.3, -0.25) is 14.0 Å². The average Bonchev–Trinajstić information content (AvgIpc) is 3.03. The molecule has 1 N–H and O–H groups in total. The van der Waals surface area contributed by atoms with Crippen molar-refractivity contribution in [1.29, 1.82) is 0 Å². The first-order chi connectivity index (χ1) is 12.2. The van der Waals surface area contributed by atoms with E-state index >= 15 is 0 Å². The van der Waals surface area contributed by atoms with Crippen molar-refractivity contribution in [3.05, 3.63) is 35.9 Å². The van der Waals surface area contributed by atoms with Gasteiger partial charge in [-0.05, 0) is 38.8 Å². The molecule has 0 saturated heterocycles. The molecule has 2 aromatic heterocycles. The second-order valence-electron chi connectivity index (χ2n) is 6.53. The van der Waals surface area contributed by atoms with E-state index in [2.05, 4.69) is 10.3 Å². The van der Waals surface area contributed by atoms with Crippen LogP contribution >= 0.6 is 0 Å². The van der Waals surface area contributed by atoms with E-state index in [0.29, 0.717) is 30.1 Å². The van der Waals surface area contributed by atoms with Crippen LogP contribution in [0.2, 0.25) is 0 Å². The molecule has 25 heavy (non-hydrogen) atoms. The first-order valence-corrected chi connectivity index (χ1v) is 9.22. The lowest BCUT2D eigenvalue weighted by molar-refractivity contribution is 0.0760. The van der Waals surface area contributed by atoms with Crippen molar-refractivity contribution in [3.8, 4) is 0 Å². The maximum atomic E-state index is 12.8. The summed E-state index contributed by atoms with van der Waals surface area (Å²) in [4.78, 5) is 31.7. The van der Waals surface area contributed by atoms with E-state index in [1.807, 2.05) is 32.0 Å². The van der Waals surface area contributed by atoms with Crippen molar-refractivity contribution < 1.29 is 9.59 Å². The molecular weight excluding hydrogens is 316 g/mol. The van der Waals surface area contributed by atoms with Crippen LogP contribution in [0.25, 0.3) is 5.52 Å². The third-order valence-corrected chi connectivity index (χ3v) is 4.95. The molecule has 1 aliphatic carbocycles. The van der Waals surface area contributed by atoms with E-state index in [9.17, 15) is 9.59 Å². The molecule has 0 unspecified atom stereocenters. The highest BCUT2D eigenvalue weighted by Crippen LogP contribution is 2.19. The fourth-order valence-corrected chi connectivity index (χ4v) is 3.51. The number of carbonyl (C=O) groups is 2. The third kappa shape index (κ3) is 3.52. The summed E-state index contributed by atoms with van der Waals surface area (Å²) in [7, 11) is 0. The van der Waals surface area contributed by atoms with Crippen LogP contribution < -0.4 is 5.32 Å². The Bertz CT molecular complexity index is 758. The summed E-state index contributed by atoms with van der Waals surface area (Å²) in [6.45, 7) is 5.10. The van der Waals surface area contributed by atoms with Crippen molar-refractivity contribution >= 4 is 17.3 Å². The maximum Gasteiger partial charge on any atom is 0.290 e. The zero-order chi connectivity index (χ0) is 17.8. The van der Waals surface area contributed by atoms with Gasteiger partial charge in [-0.1, -0.05) is 25.3 Å². The molecule has 0 aliphatic heterocycles. The van der Waals surface area contributed by atoms with Gasteiger partial charge in [-0.25, -0.2) is 4.98 Å². The molecule has 3 rings (SSSR count). The Morgan fingerprint density at radius 1 is 1.20 bits per heavy atom. The zero-order valence-corrected chi connectivity index (χ0v) is 15.0. The quantitative estimate of drug-likeness (QED) is 0.908. The van der Waals surface area contributed by atoms with E-state index in [4.69, 9.17) is 0 Å². The van der Waals surface area contributed by atoms with Gasteiger partial charge in [0.25, 0.3) is 11.8 Å². The van der Waals surface area contributed by atoms with Gasteiger partial charge in [0.1, 0.15) is 0 Å². The third-order valence-electron chi connectivity index (χ3n) is 4.95. The smallest absolute Gasteiger partial charge is 0.290 e. The normalized spacial score (nSPS) is 15.3. The van der Waals surface area contributed by atoms with Crippen molar-refractivity contribution in [2.24, 2.45) is 0 Å². The summed E-state index contributed by atoms with van der Waals surface area (Å²) >= 11 is 0. The van der Waals surface area contributed by atoms with Crippen LogP contribution in [0.5, 0.6) is 0 Å². The van der Waals surface area contributed by atoms with Crippen molar-refractivity contribution in [1.82, 2.24) is 19.6 Å². The Labute approximate surface area is 148 Å². The van der Waals surface area contributed by atoms with E-state index in [0.717, 1.165) is 25.7 Å². The molecule has 2 amide bonds. The lowest BCUT2D eigenvalue weighted by atomic mass is 9.95. The van der Waals surface area contributed by atoms with E-state index in [1.54, 1.807) is 15.5 Å². The van der Waals surface area contributed by atoms with Crippen LogP contribution in [0.4, 0.5) is 0 Å². The van der Waals surface area contributed by atoms with Crippen LogP contribution in [0.15, 0.2) is 24.4 Å². The molecule has 0 spiro atoms. The topological polar surface area (TPSA) is 66.7 Å². The second-order valence-corrected chi connectivity index (χ2v) is 6.53. The molecule has 6 nitrogen and oxygen atoms in total. The van der Waals surface area contributed by atoms with Crippen molar-refractivity contribution in [2.75, 3.05) is 13.1 Å². The maximum absolute atomic E-state index is 12.8. The number of hydrogen-bond donors (Lipinski definition) is 1. The number of fused-ring (bicyclic) bond motifs is 1. The Hall–Kier alpha value is -2.37. The molecule has 1 aliphatic rings. The van der Waals surface area contributed by atoms with Crippen LogP contribution in [0, 0.1) is 0 Å². The molecule has 1 saturated carbocycles. The van der Waals surface area contributed by atoms with E-state index in [1.165, 1.54) is 6.42 Å². The zero-order valence-electron chi connectivity index (χ0n) is 15.0. The lowest BCUT2D eigenvalue weighted by Crippen LogP contribution is -2.36. The standard InChI is InChI=1S/C19H26N4O2/c1-3-22(4-2)19(25)17-21-16(15-12-8-9-13-23(15)17)18(24)20-14-10-6-5-7-11-14/h8-9,12-14H,3-7,10-11H2,1-2H3,(H,20,24). The fraction of sp³-hybridized carbons (Fsp3) is 0.526. The number of nitrogens with one attached hydrogen (secondary N) is 1. The summed E-state index contributed by atoms with van der Waals surface area (Å²) in [5.74, 6) is -0.0368. The predicted octanol–water partition coefficient (Wildman–Crippen LogP) is 2.88. The largest absolute Gasteiger partial charge is 0.348 e. The van der Waals surface area contributed by atoms with E-state index in [-0.39, 0.29) is 17.9 Å². The minimum atomic E-state index is -0.186. The minimum absolute atomic E-state index is 0.150. The molecule has 0 radical (unpaired) electrons. The Morgan fingerprint density at radius 3 is 2.60 bits per heavy atom. The second kappa shape index (κ2) is 7.68. The van der Waals surface area contributed by atoms with Crippen molar-refractivity contribution in [3.63, 3.8) is 0 Å². The summed E-state index contributed by atoms with van der Waals surface area (Å²) in [6.07, 6.45) is 7.37. The van der Waals surface area contributed by atoms with Gasteiger partial charge < -0.3 is 10.2 Å². The molecule has 2 heterocycles. The predicted molar refractivity (Wildman–Crippen MR) is 96.8 cm³/mol. The number of imidazole rings is 1. The summed E-state index contributed by atoms with van der Waals surface area (Å²) in [5, 5.41) is 3.10. The van der Waals surface area contributed by atoms with Crippen LogP contribution in [0.1, 0.15) is 67.1 Å². The van der Waals surface area contributed by atoms with Gasteiger partial charge >= 0.3 is 0 Å². The monoisotopic (exact) mass is 342 g/mol. The summed E-state index contributed by atoms with van der Waals surface area (Å²) in [6, 6.07) is 5.75. The van der Waals surface area contributed by atoms with Gasteiger partial charge in [-0.2, -0.15) is 0 Å².